The summed E-state index contributed by atoms with van der Waals surface area (Å²) in [6.45, 7) is 4.07. The first kappa shape index (κ1) is 21.0. The molecule has 0 saturated heterocycles. The zero-order chi connectivity index (χ0) is 22.2. The van der Waals surface area contributed by atoms with Crippen LogP contribution in [0, 0.1) is 13.8 Å². The van der Waals surface area contributed by atoms with Gasteiger partial charge in [0.25, 0.3) is 5.56 Å². The van der Waals surface area contributed by atoms with Gasteiger partial charge in [0.05, 0.1) is 23.0 Å². The number of aromatic nitrogens is 2. The number of hydrogen-bond donors (Lipinski definition) is 1. The zero-order valence-corrected chi connectivity index (χ0v) is 19.6. The molecule has 1 aliphatic carbocycles. The van der Waals surface area contributed by atoms with Crippen LogP contribution < -0.4 is 10.9 Å². The lowest BCUT2D eigenvalue weighted by Crippen LogP contribution is -2.29. The van der Waals surface area contributed by atoms with Crippen LogP contribution in [0.5, 0.6) is 0 Å². The molecule has 1 aliphatic rings. The van der Waals surface area contributed by atoms with Gasteiger partial charge in [-0.3, -0.25) is 14.2 Å². The van der Waals surface area contributed by atoms with Crippen LogP contribution in [0.1, 0.15) is 34.7 Å². The number of carbonyl (C=O) groups is 1. The molecule has 1 N–H and O–H groups in total. The van der Waals surface area contributed by atoms with Crippen molar-refractivity contribution < 1.29 is 4.79 Å². The van der Waals surface area contributed by atoms with Crippen LogP contribution in [-0.4, -0.2) is 21.2 Å². The van der Waals surface area contributed by atoms with E-state index in [1.54, 1.807) is 4.57 Å². The molecular formula is C25H23N3O2S2. The molecule has 0 radical (unpaired) electrons. The first-order valence-electron chi connectivity index (χ1n) is 10.6. The fourth-order valence-electron chi connectivity index (χ4n) is 4.15. The summed E-state index contributed by atoms with van der Waals surface area (Å²) in [6, 6.07) is 16.1. The van der Waals surface area contributed by atoms with Gasteiger partial charge in [-0.05, 0) is 72.5 Å². The third-order valence-electron chi connectivity index (χ3n) is 6.00. The number of carbonyl (C=O) groups excluding carboxylic acids is 1. The summed E-state index contributed by atoms with van der Waals surface area (Å²) in [4.78, 5) is 30.8. The smallest absolute Gasteiger partial charge is 0.276 e. The standard InChI is InChI=1S/C25H23N3O2S2/c1-15-7-9-18(13-16(15)2)28-24(30)23-21(11-12-31-23)27-25(28)32-14-22(29)26-20-10-8-17-5-3-4-6-19(17)20/h3-7,9,11-13,20H,8,10,14H2,1-2H3,(H,26,29). The van der Waals surface area contributed by atoms with Crippen LogP contribution in [0.15, 0.2) is 63.9 Å². The van der Waals surface area contributed by atoms with Gasteiger partial charge >= 0.3 is 0 Å². The highest BCUT2D eigenvalue weighted by atomic mass is 32.2. The number of benzene rings is 2. The number of thiophene rings is 1. The summed E-state index contributed by atoms with van der Waals surface area (Å²) >= 11 is 2.70. The van der Waals surface area contributed by atoms with Gasteiger partial charge in [0, 0.05) is 0 Å². The van der Waals surface area contributed by atoms with Crippen molar-refractivity contribution in [3.05, 3.63) is 86.5 Å². The van der Waals surface area contributed by atoms with Gasteiger partial charge in [0.15, 0.2) is 5.16 Å². The van der Waals surface area contributed by atoms with E-state index in [-0.39, 0.29) is 23.3 Å². The molecule has 7 heteroatoms. The number of rotatable bonds is 5. The monoisotopic (exact) mass is 461 g/mol. The van der Waals surface area contributed by atoms with E-state index in [0.717, 1.165) is 29.7 Å². The third kappa shape index (κ3) is 3.87. The summed E-state index contributed by atoms with van der Waals surface area (Å²) < 4.78 is 2.26. The van der Waals surface area contributed by atoms with E-state index in [1.807, 2.05) is 55.6 Å². The molecule has 162 valence electrons. The summed E-state index contributed by atoms with van der Waals surface area (Å²) in [6.07, 6.45) is 1.90. The maximum Gasteiger partial charge on any atom is 0.276 e. The molecule has 5 rings (SSSR count). The van der Waals surface area contributed by atoms with Crippen LogP contribution in [0.4, 0.5) is 0 Å². The molecule has 5 nitrogen and oxygen atoms in total. The highest BCUT2D eigenvalue weighted by Gasteiger charge is 2.24. The molecule has 1 atom stereocenters. The van der Waals surface area contributed by atoms with Crippen molar-refractivity contribution >= 4 is 39.2 Å². The Bertz CT molecular complexity index is 1390. The Morgan fingerprint density at radius 3 is 2.88 bits per heavy atom. The van der Waals surface area contributed by atoms with Gasteiger partial charge in [-0.1, -0.05) is 42.1 Å². The van der Waals surface area contributed by atoms with E-state index in [0.29, 0.717) is 15.4 Å². The zero-order valence-electron chi connectivity index (χ0n) is 17.9. The van der Waals surface area contributed by atoms with E-state index in [2.05, 4.69) is 17.4 Å². The quantitative estimate of drug-likeness (QED) is 0.337. The van der Waals surface area contributed by atoms with Crippen molar-refractivity contribution in [1.82, 2.24) is 14.9 Å². The second-order valence-electron chi connectivity index (χ2n) is 8.08. The minimum atomic E-state index is -0.0964. The van der Waals surface area contributed by atoms with E-state index < -0.39 is 0 Å². The van der Waals surface area contributed by atoms with Gasteiger partial charge < -0.3 is 5.32 Å². The number of amides is 1. The summed E-state index contributed by atoms with van der Waals surface area (Å²) in [7, 11) is 0. The molecule has 2 heterocycles. The molecule has 1 unspecified atom stereocenters. The molecule has 0 saturated carbocycles. The van der Waals surface area contributed by atoms with Gasteiger partial charge in [0.1, 0.15) is 4.70 Å². The van der Waals surface area contributed by atoms with E-state index in [1.165, 1.54) is 34.2 Å². The van der Waals surface area contributed by atoms with E-state index in [4.69, 9.17) is 4.98 Å². The number of aryl methyl sites for hydroxylation is 3. The molecule has 32 heavy (non-hydrogen) atoms. The van der Waals surface area contributed by atoms with Crippen LogP contribution >= 0.6 is 23.1 Å². The average Bonchev–Trinajstić information content (AvgIpc) is 3.42. The lowest BCUT2D eigenvalue weighted by atomic mass is 10.1. The van der Waals surface area contributed by atoms with Crippen molar-refractivity contribution in [2.75, 3.05) is 5.75 Å². The molecule has 1 amide bonds. The predicted octanol–water partition coefficient (Wildman–Crippen LogP) is 4.96. The number of nitrogens with one attached hydrogen (secondary N) is 1. The Kier molecular flexibility index (Phi) is 5.61. The molecular weight excluding hydrogens is 438 g/mol. The average molecular weight is 462 g/mol. The first-order valence-corrected chi connectivity index (χ1v) is 12.5. The molecule has 0 aliphatic heterocycles. The van der Waals surface area contributed by atoms with Gasteiger partial charge in [-0.15, -0.1) is 11.3 Å². The Morgan fingerprint density at radius 1 is 1.19 bits per heavy atom. The van der Waals surface area contributed by atoms with Crippen molar-refractivity contribution in [3.8, 4) is 5.69 Å². The molecule has 0 bridgehead atoms. The number of nitrogens with zero attached hydrogens (tertiary/aromatic N) is 2. The maximum absolute atomic E-state index is 13.3. The fraction of sp³-hybridized carbons (Fsp3) is 0.240. The highest BCUT2D eigenvalue weighted by molar-refractivity contribution is 7.99. The molecule has 2 aromatic heterocycles. The topological polar surface area (TPSA) is 64.0 Å². The molecule has 0 spiro atoms. The maximum atomic E-state index is 13.3. The van der Waals surface area contributed by atoms with E-state index >= 15 is 0 Å². The molecule has 0 fully saturated rings. The first-order chi connectivity index (χ1) is 15.5. The van der Waals surface area contributed by atoms with Crippen molar-refractivity contribution in [1.29, 1.82) is 0 Å². The number of thioether (sulfide) groups is 1. The minimum Gasteiger partial charge on any atom is -0.349 e. The summed E-state index contributed by atoms with van der Waals surface area (Å²) in [5, 5.41) is 5.57. The fourth-order valence-corrected chi connectivity index (χ4v) is 5.74. The van der Waals surface area contributed by atoms with Crippen molar-refractivity contribution in [2.45, 2.75) is 37.9 Å². The minimum absolute atomic E-state index is 0.0496. The largest absolute Gasteiger partial charge is 0.349 e. The second kappa shape index (κ2) is 8.56. The molecule has 2 aromatic carbocycles. The Hall–Kier alpha value is -2.90. The number of fused-ring (bicyclic) bond motifs is 2. The van der Waals surface area contributed by atoms with Crippen LogP contribution in [0.25, 0.3) is 15.9 Å². The third-order valence-corrected chi connectivity index (χ3v) is 7.83. The predicted molar refractivity (Wildman–Crippen MR) is 131 cm³/mol. The normalized spacial score (nSPS) is 15.1. The van der Waals surface area contributed by atoms with Crippen molar-refractivity contribution in [3.63, 3.8) is 0 Å². The second-order valence-corrected chi connectivity index (χ2v) is 9.94. The van der Waals surface area contributed by atoms with Crippen molar-refractivity contribution in [2.24, 2.45) is 0 Å². The van der Waals surface area contributed by atoms with Crippen LogP contribution in [0.2, 0.25) is 0 Å². The highest BCUT2D eigenvalue weighted by Crippen LogP contribution is 2.31. The summed E-state index contributed by atoms with van der Waals surface area (Å²) in [5.41, 5.74) is 6.13. The van der Waals surface area contributed by atoms with E-state index in [9.17, 15) is 9.59 Å². The Labute approximate surface area is 194 Å². The Balaban J connectivity index is 1.42. The van der Waals surface area contributed by atoms with Gasteiger partial charge in [-0.25, -0.2) is 4.98 Å². The van der Waals surface area contributed by atoms with Gasteiger partial charge in [0.2, 0.25) is 5.91 Å². The Morgan fingerprint density at radius 2 is 2.03 bits per heavy atom. The lowest BCUT2D eigenvalue weighted by Gasteiger charge is -2.15. The van der Waals surface area contributed by atoms with Crippen LogP contribution in [-0.2, 0) is 11.2 Å². The van der Waals surface area contributed by atoms with Gasteiger partial charge in [-0.2, -0.15) is 0 Å². The lowest BCUT2D eigenvalue weighted by molar-refractivity contribution is -0.119. The SMILES string of the molecule is Cc1ccc(-n2c(SCC(=O)NC3CCc4ccccc43)nc3ccsc3c2=O)cc1C. The summed E-state index contributed by atoms with van der Waals surface area (Å²) in [5.74, 6) is 0.147. The van der Waals surface area contributed by atoms with Crippen LogP contribution in [0.3, 0.4) is 0 Å². The molecule has 4 aromatic rings. The number of hydrogen-bond acceptors (Lipinski definition) is 5.